The maximum atomic E-state index is 13.5. The van der Waals surface area contributed by atoms with E-state index in [0.717, 1.165) is 16.6 Å². The lowest BCUT2D eigenvalue weighted by Crippen LogP contribution is -2.00. The van der Waals surface area contributed by atoms with Gasteiger partial charge in [-0.25, -0.2) is 4.39 Å². The van der Waals surface area contributed by atoms with E-state index in [1.54, 1.807) is 18.5 Å². The number of halogens is 2. The number of aryl methyl sites for hydroxylation is 1. The quantitative estimate of drug-likeness (QED) is 0.779. The molecule has 0 atom stereocenters. The van der Waals surface area contributed by atoms with E-state index in [0.29, 0.717) is 18.6 Å². The molecular formula is C14H13BrFNO. The third kappa shape index (κ3) is 3.81. The summed E-state index contributed by atoms with van der Waals surface area (Å²) in [6.07, 6.45) is 4.80. The van der Waals surface area contributed by atoms with E-state index in [1.807, 2.05) is 18.2 Å². The van der Waals surface area contributed by atoms with Crippen LogP contribution in [-0.2, 0) is 6.42 Å². The lowest BCUT2D eigenvalue weighted by atomic mass is 10.1. The number of pyridine rings is 1. The Bertz CT molecular complexity index is 504. The van der Waals surface area contributed by atoms with Crippen molar-refractivity contribution in [3.8, 4) is 5.75 Å². The van der Waals surface area contributed by atoms with E-state index in [9.17, 15) is 4.39 Å². The van der Waals surface area contributed by atoms with Gasteiger partial charge in [0.15, 0.2) is 0 Å². The van der Waals surface area contributed by atoms with E-state index in [-0.39, 0.29) is 5.82 Å². The van der Waals surface area contributed by atoms with Crippen molar-refractivity contribution >= 4 is 15.9 Å². The molecule has 0 aliphatic rings. The largest absolute Gasteiger partial charge is 0.492 e. The van der Waals surface area contributed by atoms with Gasteiger partial charge in [0, 0.05) is 10.7 Å². The Kier molecular flexibility index (Phi) is 4.70. The molecule has 4 heteroatoms. The summed E-state index contributed by atoms with van der Waals surface area (Å²) in [5.74, 6) is 0.569. The number of aromatic nitrogens is 1. The molecule has 0 aliphatic heterocycles. The zero-order valence-corrected chi connectivity index (χ0v) is 11.4. The molecule has 1 heterocycles. The van der Waals surface area contributed by atoms with Crippen molar-refractivity contribution < 1.29 is 9.13 Å². The first-order chi connectivity index (χ1) is 8.75. The molecule has 18 heavy (non-hydrogen) atoms. The molecule has 0 unspecified atom stereocenters. The number of rotatable bonds is 5. The number of benzene rings is 1. The van der Waals surface area contributed by atoms with Crippen LogP contribution >= 0.6 is 15.9 Å². The van der Waals surface area contributed by atoms with Gasteiger partial charge in [0.2, 0.25) is 0 Å². The molecule has 94 valence electrons. The third-order valence-corrected chi connectivity index (χ3v) is 3.00. The smallest absolute Gasteiger partial charge is 0.137 e. The molecule has 1 aromatic carbocycles. The van der Waals surface area contributed by atoms with Crippen LogP contribution in [0.15, 0.2) is 47.2 Å². The molecule has 0 fully saturated rings. The fourth-order valence-corrected chi connectivity index (χ4v) is 1.94. The van der Waals surface area contributed by atoms with Crippen LogP contribution in [0.4, 0.5) is 4.39 Å². The number of hydrogen-bond acceptors (Lipinski definition) is 2. The lowest BCUT2D eigenvalue weighted by Gasteiger charge is -2.06. The van der Waals surface area contributed by atoms with E-state index >= 15 is 0 Å². The highest BCUT2D eigenvalue weighted by Crippen LogP contribution is 2.16. The van der Waals surface area contributed by atoms with Crippen LogP contribution in [-0.4, -0.2) is 11.6 Å². The molecule has 0 N–H and O–H groups in total. The fourth-order valence-electron chi connectivity index (χ4n) is 1.61. The summed E-state index contributed by atoms with van der Waals surface area (Å²) in [6, 6.07) is 8.80. The van der Waals surface area contributed by atoms with Crippen molar-refractivity contribution in [2.24, 2.45) is 0 Å². The van der Waals surface area contributed by atoms with Crippen molar-refractivity contribution in [2.75, 3.05) is 6.61 Å². The molecular weight excluding hydrogens is 297 g/mol. The molecule has 0 amide bonds. The van der Waals surface area contributed by atoms with Gasteiger partial charge < -0.3 is 4.74 Å². The normalized spacial score (nSPS) is 10.3. The maximum absolute atomic E-state index is 13.5. The number of ether oxygens (including phenoxy) is 1. The average Bonchev–Trinajstić information content (AvgIpc) is 2.38. The molecule has 0 spiro atoms. The van der Waals surface area contributed by atoms with Crippen LogP contribution in [0.3, 0.4) is 0 Å². The predicted molar refractivity (Wildman–Crippen MR) is 72.2 cm³/mol. The minimum Gasteiger partial charge on any atom is -0.492 e. The standard InChI is InChI=1S/C14H13BrFNO/c15-12-6-5-11(14(16)9-12)3-2-8-18-13-4-1-7-17-10-13/h1,4-7,9-10H,2-3,8H2. The van der Waals surface area contributed by atoms with E-state index < -0.39 is 0 Å². The van der Waals surface area contributed by atoms with Gasteiger partial charge in [0.1, 0.15) is 11.6 Å². The first-order valence-electron chi connectivity index (χ1n) is 5.72. The van der Waals surface area contributed by atoms with Gasteiger partial charge in [-0.05, 0) is 42.7 Å². The van der Waals surface area contributed by atoms with Gasteiger partial charge in [0.25, 0.3) is 0 Å². The highest BCUT2D eigenvalue weighted by molar-refractivity contribution is 9.10. The van der Waals surface area contributed by atoms with E-state index in [4.69, 9.17) is 4.74 Å². The topological polar surface area (TPSA) is 22.1 Å². The Hall–Kier alpha value is -1.42. The van der Waals surface area contributed by atoms with E-state index in [1.165, 1.54) is 6.07 Å². The zero-order valence-electron chi connectivity index (χ0n) is 9.77. The SMILES string of the molecule is Fc1cc(Br)ccc1CCCOc1cccnc1. The summed E-state index contributed by atoms with van der Waals surface area (Å²) in [4.78, 5) is 3.96. The van der Waals surface area contributed by atoms with Crippen LogP contribution in [0.1, 0.15) is 12.0 Å². The summed E-state index contributed by atoms with van der Waals surface area (Å²) < 4.78 is 19.8. The average molecular weight is 310 g/mol. The molecule has 2 nitrogen and oxygen atoms in total. The molecule has 0 bridgehead atoms. The van der Waals surface area contributed by atoms with Gasteiger partial charge >= 0.3 is 0 Å². The molecule has 0 saturated carbocycles. The van der Waals surface area contributed by atoms with Crippen LogP contribution in [0.2, 0.25) is 0 Å². The van der Waals surface area contributed by atoms with E-state index in [2.05, 4.69) is 20.9 Å². The molecule has 1 aromatic heterocycles. The van der Waals surface area contributed by atoms with Crippen molar-refractivity contribution in [3.63, 3.8) is 0 Å². The first kappa shape index (κ1) is 13.0. The molecule has 2 rings (SSSR count). The third-order valence-electron chi connectivity index (χ3n) is 2.51. The zero-order chi connectivity index (χ0) is 12.8. The van der Waals surface area contributed by atoms with Gasteiger partial charge in [0.05, 0.1) is 12.8 Å². The maximum Gasteiger partial charge on any atom is 0.137 e. The highest BCUT2D eigenvalue weighted by atomic mass is 79.9. The van der Waals surface area contributed by atoms with Gasteiger partial charge in [-0.3, -0.25) is 4.98 Å². The summed E-state index contributed by atoms with van der Waals surface area (Å²) in [5.41, 5.74) is 0.716. The minimum atomic E-state index is -0.175. The van der Waals surface area contributed by atoms with Gasteiger partial charge in [-0.15, -0.1) is 0 Å². The molecule has 0 aliphatic carbocycles. The van der Waals surface area contributed by atoms with Crippen LogP contribution in [0.5, 0.6) is 5.75 Å². The highest BCUT2D eigenvalue weighted by Gasteiger charge is 2.02. The minimum absolute atomic E-state index is 0.175. The van der Waals surface area contributed by atoms with Gasteiger partial charge in [-0.2, -0.15) is 0 Å². The summed E-state index contributed by atoms with van der Waals surface area (Å²) in [7, 11) is 0. The second-order valence-corrected chi connectivity index (χ2v) is 4.79. The Morgan fingerprint density at radius 3 is 2.89 bits per heavy atom. The van der Waals surface area contributed by atoms with Crippen LogP contribution < -0.4 is 4.74 Å². The number of hydrogen-bond donors (Lipinski definition) is 0. The molecule has 0 radical (unpaired) electrons. The first-order valence-corrected chi connectivity index (χ1v) is 6.52. The molecule has 2 aromatic rings. The predicted octanol–water partition coefficient (Wildman–Crippen LogP) is 3.99. The van der Waals surface area contributed by atoms with Crippen molar-refractivity contribution in [1.29, 1.82) is 0 Å². The second-order valence-electron chi connectivity index (χ2n) is 3.88. The Morgan fingerprint density at radius 2 is 2.17 bits per heavy atom. The summed E-state index contributed by atoms with van der Waals surface area (Å²) in [5, 5.41) is 0. The number of nitrogens with zero attached hydrogens (tertiary/aromatic N) is 1. The van der Waals surface area contributed by atoms with Gasteiger partial charge in [-0.1, -0.05) is 22.0 Å². The Morgan fingerprint density at radius 1 is 1.28 bits per heavy atom. The van der Waals surface area contributed by atoms with Crippen LogP contribution in [0, 0.1) is 5.82 Å². The van der Waals surface area contributed by atoms with Crippen LogP contribution in [0.25, 0.3) is 0 Å². The Labute approximate surface area is 114 Å². The monoisotopic (exact) mass is 309 g/mol. The Balaban J connectivity index is 1.79. The fraction of sp³-hybridized carbons (Fsp3) is 0.214. The molecule has 0 saturated heterocycles. The summed E-state index contributed by atoms with van der Waals surface area (Å²) >= 11 is 3.24. The van der Waals surface area contributed by atoms with Crippen molar-refractivity contribution in [3.05, 3.63) is 58.6 Å². The van der Waals surface area contributed by atoms with Crippen molar-refractivity contribution in [1.82, 2.24) is 4.98 Å². The lowest BCUT2D eigenvalue weighted by molar-refractivity contribution is 0.309. The summed E-state index contributed by atoms with van der Waals surface area (Å²) in [6.45, 7) is 0.557. The van der Waals surface area contributed by atoms with Crippen molar-refractivity contribution in [2.45, 2.75) is 12.8 Å². The second kappa shape index (κ2) is 6.50.